The van der Waals surface area contributed by atoms with E-state index in [4.69, 9.17) is 4.52 Å². The van der Waals surface area contributed by atoms with Crippen LogP contribution in [0.2, 0.25) is 0 Å². The van der Waals surface area contributed by atoms with Gasteiger partial charge in [-0.25, -0.2) is 4.98 Å². The summed E-state index contributed by atoms with van der Waals surface area (Å²) in [7, 11) is 0. The molecule has 0 fully saturated rings. The summed E-state index contributed by atoms with van der Waals surface area (Å²) in [5.74, 6) is 3.25. The molecule has 0 radical (unpaired) electrons. The standard InChI is InChI=1S/C16H18N4OS/c1-2-4-14(5-3-1)6-7-15-18-16(21-19-15)12-22-11-10-20-9-8-17-13-20/h1-5,8-9,13H,6-7,10-12H2. The van der Waals surface area contributed by atoms with E-state index in [0.29, 0.717) is 5.89 Å². The van der Waals surface area contributed by atoms with Gasteiger partial charge in [-0.1, -0.05) is 35.5 Å². The maximum atomic E-state index is 5.29. The number of benzene rings is 1. The van der Waals surface area contributed by atoms with Gasteiger partial charge >= 0.3 is 0 Å². The molecule has 3 aromatic rings. The average Bonchev–Trinajstić information content (AvgIpc) is 3.22. The number of hydrogen-bond acceptors (Lipinski definition) is 5. The Labute approximate surface area is 133 Å². The number of rotatable bonds is 8. The van der Waals surface area contributed by atoms with Crippen molar-refractivity contribution in [2.24, 2.45) is 0 Å². The lowest BCUT2D eigenvalue weighted by Crippen LogP contribution is -1.97. The van der Waals surface area contributed by atoms with Crippen molar-refractivity contribution in [3.05, 3.63) is 66.3 Å². The molecule has 0 atom stereocenters. The summed E-state index contributed by atoms with van der Waals surface area (Å²) in [6.45, 7) is 0.944. The maximum absolute atomic E-state index is 5.29. The van der Waals surface area contributed by atoms with E-state index >= 15 is 0 Å². The molecule has 6 heteroatoms. The van der Waals surface area contributed by atoms with Crippen molar-refractivity contribution < 1.29 is 4.52 Å². The minimum atomic E-state index is 0.707. The fourth-order valence-corrected chi connectivity index (χ4v) is 2.88. The zero-order valence-electron chi connectivity index (χ0n) is 12.3. The number of hydrogen-bond donors (Lipinski definition) is 0. The van der Waals surface area contributed by atoms with E-state index in [2.05, 4.69) is 31.8 Å². The highest BCUT2D eigenvalue weighted by molar-refractivity contribution is 7.98. The van der Waals surface area contributed by atoms with Crippen molar-refractivity contribution in [2.75, 3.05) is 5.75 Å². The van der Waals surface area contributed by atoms with E-state index in [-0.39, 0.29) is 0 Å². The maximum Gasteiger partial charge on any atom is 0.236 e. The highest BCUT2D eigenvalue weighted by Gasteiger charge is 2.06. The van der Waals surface area contributed by atoms with Gasteiger partial charge in [0.1, 0.15) is 0 Å². The lowest BCUT2D eigenvalue weighted by molar-refractivity contribution is 0.385. The third-order valence-corrected chi connectivity index (χ3v) is 4.19. The highest BCUT2D eigenvalue weighted by atomic mass is 32.2. The summed E-state index contributed by atoms with van der Waals surface area (Å²) >= 11 is 1.79. The molecule has 2 heterocycles. The molecule has 0 saturated heterocycles. The van der Waals surface area contributed by atoms with Gasteiger partial charge in [0.2, 0.25) is 5.89 Å². The van der Waals surface area contributed by atoms with Crippen molar-refractivity contribution in [1.82, 2.24) is 19.7 Å². The first-order valence-corrected chi connectivity index (χ1v) is 8.44. The highest BCUT2D eigenvalue weighted by Crippen LogP contribution is 2.12. The zero-order chi connectivity index (χ0) is 15.0. The Morgan fingerprint density at radius 1 is 1.14 bits per heavy atom. The van der Waals surface area contributed by atoms with Crippen molar-refractivity contribution in [3.63, 3.8) is 0 Å². The number of aryl methyl sites for hydroxylation is 3. The Bertz CT molecular complexity index is 667. The molecule has 3 rings (SSSR count). The Hall–Kier alpha value is -2.08. The number of imidazole rings is 1. The van der Waals surface area contributed by atoms with E-state index in [1.54, 1.807) is 18.0 Å². The van der Waals surface area contributed by atoms with Crippen LogP contribution in [0.5, 0.6) is 0 Å². The quantitative estimate of drug-likeness (QED) is 0.598. The van der Waals surface area contributed by atoms with Crippen molar-refractivity contribution >= 4 is 11.8 Å². The van der Waals surface area contributed by atoms with Crippen molar-refractivity contribution in [1.29, 1.82) is 0 Å². The van der Waals surface area contributed by atoms with Crippen LogP contribution in [0, 0.1) is 0 Å². The van der Waals surface area contributed by atoms with Gasteiger partial charge in [-0.05, 0) is 12.0 Å². The summed E-state index contributed by atoms with van der Waals surface area (Å²) in [6.07, 6.45) is 7.34. The second-order valence-corrected chi connectivity index (χ2v) is 6.05. The van der Waals surface area contributed by atoms with Gasteiger partial charge in [0.05, 0.1) is 12.1 Å². The molecule has 0 spiro atoms. The first-order chi connectivity index (χ1) is 10.9. The van der Waals surface area contributed by atoms with E-state index in [0.717, 1.165) is 36.7 Å². The van der Waals surface area contributed by atoms with Crippen LogP contribution in [-0.2, 0) is 25.1 Å². The van der Waals surface area contributed by atoms with E-state index < -0.39 is 0 Å². The second kappa shape index (κ2) is 7.79. The fourth-order valence-electron chi connectivity index (χ4n) is 2.10. The number of thioether (sulfide) groups is 1. The third kappa shape index (κ3) is 4.46. The zero-order valence-corrected chi connectivity index (χ0v) is 13.1. The van der Waals surface area contributed by atoms with E-state index in [9.17, 15) is 0 Å². The molecule has 0 N–H and O–H groups in total. The van der Waals surface area contributed by atoms with Gasteiger partial charge in [0.15, 0.2) is 5.82 Å². The van der Waals surface area contributed by atoms with Crippen LogP contribution >= 0.6 is 11.8 Å². The molecule has 22 heavy (non-hydrogen) atoms. The van der Waals surface area contributed by atoms with Gasteiger partial charge < -0.3 is 9.09 Å². The third-order valence-electron chi connectivity index (χ3n) is 3.27. The summed E-state index contributed by atoms with van der Waals surface area (Å²) in [5, 5.41) is 4.05. The van der Waals surface area contributed by atoms with Crippen LogP contribution < -0.4 is 0 Å². The predicted molar refractivity (Wildman–Crippen MR) is 86.5 cm³/mol. The van der Waals surface area contributed by atoms with E-state index in [1.807, 2.05) is 30.7 Å². The van der Waals surface area contributed by atoms with Gasteiger partial charge in [-0.15, -0.1) is 0 Å². The number of aromatic nitrogens is 4. The van der Waals surface area contributed by atoms with Crippen LogP contribution in [0.3, 0.4) is 0 Å². The Morgan fingerprint density at radius 3 is 2.86 bits per heavy atom. The molecule has 1 aromatic carbocycles. The SMILES string of the molecule is c1ccc(CCc2noc(CSCCn3ccnc3)n2)cc1. The molecule has 2 aromatic heterocycles. The summed E-state index contributed by atoms with van der Waals surface area (Å²) in [5.41, 5.74) is 1.29. The molecule has 0 aliphatic rings. The topological polar surface area (TPSA) is 56.7 Å². The number of nitrogens with zero attached hydrogens (tertiary/aromatic N) is 4. The first kappa shape index (κ1) is 14.8. The van der Waals surface area contributed by atoms with Crippen LogP contribution in [0.1, 0.15) is 17.3 Å². The van der Waals surface area contributed by atoms with Gasteiger partial charge in [0.25, 0.3) is 0 Å². The lowest BCUT2D eigenvalue weighted by atomic mass is 10.1. The normalized spacial score (nSPS) is 10.9. The molecule has 0 unspecified atom stereocenters. The van der Waals surface area contributed by atoms with Gasteiger partial charge in [0, 0.05) is 31.1 Å². The fraction of sp³-hybridized carbons (Fsp3) is 0.312. The average molecular weight is 314 g/mol. The molecular formula is C16H18N4OS. The Kier molecular flexibility index (Phi) is 5.26. The predicted octanol–water partition coefficient (Wildman–Crippen LogP) is 2.98. The summed E-state index contributed by atoms with van der Waals surface area (Å²) < 4.78 is 7.35. The molecule has 0 amide bonds. The molecule has 114 valence electrons. The molecule has 0 aliphatic carbocycles. The molecular weight excluding hydrogens is 296 g/mol. The minimum absolute atomic E-state index is 0.707. The van der Waals surface area contributed by atoms with Gasteiger partial charge in [-0.3, -0.25) is 0 Å². The largest absolute Gasteiger partial charge is 0.338 e. The lowest BCUT2D eigenvalue weighted by Gasteiger charge is -1.99. The van der Waals surface area contributed by atoms with Gasteiger partial charge in [-0.2, -0.15) is 16.7 Å². The molecule has 0 aliphatic heterocycles. The monoisotopic (exact) mass is 314 g/mol. The van der Waals surface area contributed by atoms with Crippen molar-refractivity contribution in [3.8, 4) is 0 Å². The summed E-state index contributed by atoms with van der Waals surface area (Å²) in [6, 6.07) is 10.4. The Morgan fingerprint density at radius 2 is 2.05 bits per heavy atom. The second-order valence-electron chi connectivity index (χ2n) is 4.94. The van der Waals surface area contributed by atoms with Crippen LogP contribution in [-0.4, -0.2) is 25.4 Å². The minimum Gasteiger partial charge on any atom is -0.338 e. The van der Waals surface area contributed by atoms with Crippen LogP contribution in [0.25, 0.3) is 0 Å². The van der Waals surface area contributed by atoms with Crippen molar-refractivity contribution in [2.45, 2.75) is 25.1 Å². The molecule has 5 nitrogen and oxygen atoms in total. The molecule has 0 bridgehead atoms. The Balaban J connectivity index is 1.39. The van der Waals surface area contributed by atoms with Crippen LogP contribution in [0.15, 0.2) is 53.6 Å². The van der Waals surface area contributed by atoms with Crippen LogP contribution in [0.4, 0.5) is 0 Å². The summed E-state index contributed by atoms with van der Waals surface area (Å²) in [4.78, 5) is 8.46. The molecule has 0 saturated carbocycles. The van der Waals surface area contributed by atoms with E-state index in [1.165, 1.54) is 5.56 Å². The smallest absolute Gasteiger partial charge is 0.236 e. The first-order valence-electron chi connectivity index (χ1n) is 7.29.